The average Bonchev–Trinajstić information content (AvgIpc) is 2.64. The van der Waals surface area contributed by atoms with Crippen LogP contribution in [0.1, 0.15) is 11.1 Å². The summed E-state index contributed by atoms with van der Waals surface area (Å²) in [5, 5.41) is 3.22. The highest BCUT2D eigenvalue weighted by molar-refractivity contribution is 7.89. The van der Waals surface area contributed by atoms with Crippen LogP contribution in [0.25, 0.3) is 0 Å². The molecule has 28 heavy (non-hydrogen) atoms. The van der Waals surface area contributed by atoms with E-state index in [1.54, 1.807) is 25.1 Å². The van der Waals surface area contributed by atoms with Crippen molar-refractivity contribution in [3.63, 3.8) is 0 Å². The Balaban J connectivity index is 1.58. The van der Waals surface area contributed by atoms with Crippen LogP contribution < -0.4 is 10.2 Å². The van der Waals surface area contributed by atoms with E-state index in [1.807, 2.05) is 25.1 Å². The number of aryl methyl sites for hydroxylation is 2. The highest BCUT2D eigenvalue weighted by atomic mass is 35.5. The fraction of sp³-hybridized carbons (Fsp3) is 0.350. The van der Waals surface area contributed by atoms with Gasteiger partial charge in [-0.25, -0.2) is 8.42 Å². The molecule has 6 nitrogen and oxygen atoms in total. The lowest BCUT2D eigenvalue weighted by atomic mass is 10.2. The van der Waals surface area contributed by atoms with E-state index in [1.165, 1.54) is 9.87 Å². The number of sulfonamides is 1. The maximum absolute atomic E-state index is 12.6. The summed E-state index contributed by atoms with van der Waals surface area (Å²) >= 11 is 5.91. The molecular weight excluding hydrogens is 398 g/mol. The Morgan fingerprint density at radius 3 is 2.43 bits per heavy atom. The van der Waals surface area contributed by atoms with Crippen molar-refractivity contribution in [1.29, 1.82) is 0 Å². The van der Waals surface area contributed by atoms with Gasteiger partial charge in [0, 0.05) is 42.6 Å². The third-order valence-corrected chi connectivity index (χ3v) is 6.79. The van der Waals surface area contributed by atoms with Crippen LogP contribution in [0.15, 0.2) is 42.5 Å². The van der Waals surface area contributed by atoms with Crippen LogP contribution in [0.2, 0.25) is 5.02 Å². The normalized spacial score (nSPS) is 15.5. The zero-order chi connectivity index (χ0) is 20.3. The SMILES string of the molecule is Cc1cccc(N2CCN(S(=O)(=O)CC(=O)Nc3ccc(Cl)cc3C)CC2)c1. The Morgan fingerprint density at radius 2 is 1.79 bits per heavy atom. The van der Waals surface area contributed by atoms with Crippen molar-refractivity contribution in [1.82, 2.24) is 4.31 Å². The molecule has 0 unspecified atom stereocenters. The maximum Gasteiger partial charge on any atom is 0.241 e. The average molecular weight is 422 g/mol. The van der Waals surface area contributed by atoms with Crippen LogP contribution in [0, 0.1) is 13.8 Å². The molecule has 1 aliphatic heterocycles. The van der Waals surface area contributed by atoms with Crippen molar-refractivity contribution < 1.29 is 13.2 Å². The van der Waals surface area contributed by atoms with Gasteiger partial charge < -0.3 is 10.2 Å². The quantitative estimate of drug-likeness (QED) is 0.805. The largest absolute Gasteiger partial charge is 0.369 e. The predicted molar refractivity (Wildman–Crippen MR) is 114 cm³/mol. The van der Waals surface area contributed by atoms with E-state index in [9.17, 15) is 13.2 Å². The van der Waals surface area contributed by atoms with Crippen molar-refractivity contribution >= 4 is 38.9 Å². The molecule has 2 aromatic rings. The number of piperazine rings is 1. The fourth-order valence-corrected chi connectivity index (χ4v) is 4.79. The lowest BCUT2D eigenvalue weighted by Crippen LogP contribution is -2.50. The molecule has 1 aliphatic rings. The second kappa shape index (κ2) is 8.51. The first-order chi connectivity index (χ1) is 13.2. The van der Waals surface area contributed by atoms with Crippen LogP contribution >= 0.6 is 11.6 Å². The van der Waals surface area contributed by atoms with Gasteiger partial charge in [-0.2, -0.15) is 4.31 Å². The molecule has 1 amide bonds. The zero-order valence-electron chi connectivity index (χ0n) is 16.0. The molecule has 0 aliphatic carbocycles. The molecule has 0 atom stereocenters. The lowest BCUT2D eigenvalue weighted by molar-refractivity contribution is -0.113. The lowest BCUT2D eigenvalue weighted by Gasteiger charge is -2.35. The monoisotopic (exact) mass is 421 g/mol. The number of benzene rings is 2. The van der Waals surface area contributed by atoms with E-state index in [2.05, 4.69) is 16.3 Å². The Bertz CT molecular complexity index is 970. The molecule has 0 saturated carbocycles. The van der Waals surface area contributed by atoms with Gasteiger partial charge in [-0.05, 0) is 55.3 Å². The number of anilines is 2. The number of carbonyl (C=O) groups excluding carboxylic acids is 1. The molecular formula is C20H24ClN3O3S. The highest BCUT2D eigenvalue weighted by Crippen LogP contribution is 2.21. The van der Waals surface area contributed by atoms with Crippen molar-refractivity contribution in [2.75, 3.05) is 42.1 Å². The number of amides is 1. The van der Waals surface area contributed by atoms with Gasteiger partial charge in [0.05, 0.1) is 0 Å². The van der Waals surface area contributed by atoms with Crippen molar-refractivity contribution in [2.24, 2.45) is 0 Å². The first-order valence-electron chi connectivity index (χ1n) is 9.10. The molecule has 0 aromatic heterocycles. The first kappa shape index (κ1) is 20.6. The number of rotatable bonds is 5. The summed E-state index contributed by atoms with van der Waals surface area (Å²) in [7, 11) is -3.67. The van der Waals surface area contributed by atoms with Gasteiger partial charge in [0.1, 0.15) is 5.75 Å². The summed E-state index contributed by atoms with van der Waals surface area (Å²) < 4.78 is 26.7. The summed E-state index contributed by atoms with van der Waals surface area (Å²) in [5.41, 5.74) is 3.61. The van der Waals surface area contributed by atoms with E-state index >= 15 is 0 Å². The maximum atomic E-state index is 12.6. The van der Waals surface area contributed by atoms with Crippen molar-refractivity contribution in [3.05, 3.63) is 58.6 Å². The predicted octanol–water partition coefficient (Wildman–Crippen LogP) is 3.05. The minimum atomic E-state index is -3.67. The molecule has 150 valence electrons. The van der Waals surface area contributed by atoms with E-state index in [0.717, 1.165) is 11.3 Å². The molecule has 0 bridgehead atoms. The van der Waals surface area contributed by atoms with Gasteiger partial charge in [0.2, 0.25) is 15.9 Å². The first-order valence-corrected chi connectivity index (χ1v) is 11.1. The molecule has 2 aromatic carbocycles. The summed E-state index contributed by atoms with van der Waals surface area (Å²) in [6, 6.07) is 13.2. The van der Waals surface area contributed by atoms with E-state index in [0.29, 0.717) is 36.9 Å². The second-order valence-corrected chi connectivity index (χ2v) is 9.39. The third kappa shape index (κ3) is 5.04. The molecule has 8 heteroatoms. The Hall–Kier alpha value is -2.09. The molecule has 1 N–H and O–H groups in total. The van der Waals surface area contributed by atoms with Crippen LogP contribution in [0.5, 0.6) is 0 Å². The minimum Gasteiger partial charge on any atom is -0.369 e. The van der Waals surface area contributed by atoms with Crippen LogP contribution in [0.3, 0.4) is 0 Å². The zero-order valence-corrected chi connectivity index (χ0v) is 17.6. The number of nitrogens with zero attached hydrogens (tertiary/aromatic N) is 2. The van der Waals surface area contributed by atoms with Gasteiger partial charge in [-0.1, -0.05) is 23.7 Å². The van der Waals surface area contributed by atoms with Gasteiger partial charge >= 0.3 is 0 Å². The second-order valence-electron chi connectivity index (χ2n) is 6.99. The van der Waals surface area contributed by atoms with Gasteiger partial charge in [-0.3, -0.25) is 4.79 Å². The molecule has 0 spiro atoms. The smallest absolute Gasteiger partial charge is 0.241 e. The Labute approximate surface area is 171 Å². The highest BCUT2D eigenvalue weighted by Gasteiger charge is 2.29. The fourth-order valence-electron chi connectivity index (χ4n) is 3.26. The van der Waals surface area contributed by atoms with Crippen LogP contribution in [0.4, 0.5) is 11.4 Å². The summed E-state index contributed by atoms with van der Waals surface area (Å²) in [6.07, 6.45) is 0. The number of hydrogen-bond donors (Lipinski definition) is 1. The summed E-state index contributed by atoms with van der Waals surface area (Å²) in [5.74, 6) is -1.12. The number of carbonyl (C=O) groups is 1. The van der Waals surface area contributed by atoms with Gasteiger partial charge in [0.25, 0.3) is 0 Å². The molecule has 1 fully saturated rings. The molecule has 3 rings (SSSR count). The topological polar surface area (TPSA) is 69.7 Å². The van der Waals surface area contributed by atoms with E-state index < -0.39 is 21.7 Å². The summed E-state index contributed by atoms with van der Waals surface area (Å²) in [4.78, 5) is 14.4. The summed E-state index contributed by atoms with van der Waals surface area (Å²) in [6.45, 7) is 5.76. The number of halogens is 1. The number of hydrogen-bond acceptors (Lipinski definition) is 4. The number of nitrogens with one attached hydrogen (secondary N) is 1. The van der Waals surface area contributed by atoms with Gasteiger partial charge in [0.15, 0.2) is 0 Å². The Kier molecular flexibility index (Phi) is 6.27. The third-order valence-electron chi connectivity index (χ3n) is 4.77. The van der Waals surface area contributed by atoms with Crippen molar-refractivity contribution in [3.8, 4) is 0 Å². The van der Waals surface area contributed by atoms with Crippen molar-refractivity contribution in [2.45, 2.75) is 13.8 Å². The standard InChI is InChI=1S/C20H24ClN3O3S/c1-15-4-3-5-18(12-15)23-8-10-24(11-9-23)28(26,27)14-20(25)22-19-7-6-17(21)13-16(19)2/h3-7,12-13H,8-11,14H2,1-2H3,(H,22,25). The minimum absolute atomic E-state index is 0.365. The van der Waals surface area contributed by atoms with Crippen LogP contribution in [-0.2, 0) is 14.8 Å². The van der Waals surface area contributed by atoms with E-state index in [-0.39, 0.29) is 0 Å². The molecule has 0 radical (unpaired) electrons. The molecule has 1 saturated heterocycles. The molecule has 1 heterocycles. The Morgan fingerprint density at radius 1 is 1.07 bits per heavy atom. The van der Waals surface area contributed by atoms with Gasteiger partial charge in [-0.15, -0.1) is 0 Å². The van der Waals surface area contributed by atoms with Crippen LogP contribution in [-0.4, -0.2) is 50.6 Å². The van der Waals surface area contributed by atoms with E-state index in [4.69, 9.17) is 11.6 Å².